The van der Waals surface area contributed by atoms with Crippen LogP contribution in [-0.4, -0.2) is 19.0 Å². The van der Waals surface area contributed by atoms with Gasteiger partial charge in [0.2, 0.25) is 0 Å². The highest BCUT2D eigenvalue weighted by atomic mass is 16.5. The fourth-order valence-electron chi connectivity index (χ4n) is 1.61. The molecule has 86 valence electrons. The van der Waals surface area contributed by atoms with Crippen LogP contribution in [0.1, 0.15) is 34.1 Å². The minimum Gasteiger partial charge on any atom is -0.373 e. The molecule has 1 rings (SSSR count). The zero-order valence-electron chi connectivity index (χ0n) is 10.4. The van der Waals surface area contributed by atoms with Gasteiger partial charge in [-0.3, -0.25) is 0 Å². The summed E-state index contributed by atoms with van der Waals surface area (Å²) in [6, 6.07) is 0. The van der Waals surface area contributed by atoms with Crippen molar-refractivity contribution in [2.24, 2.45) is 5.41 Å². The molecule has 0 heterocycles. The Morgan fingerprint density at radius 3 is 2.07 bits per heavy atom. The molecule has 0 spiro atoms. The van der Waals surface area contributed by atoms with Crippen LogP contribution in [0.3, 0.4) is 0 Å². The average molecular weight is 210 g/mol. The number of carbonyl (C=O) groups excluding carboxylic acids is 1. The largest absolute Gasteiger partial charge is 0.373 e. The van der Waals surface area contributed by atoms with Crippen molar-refractivity contribution in [2.45, 2.75) is 39.7 Å². The van der Waals surface area contributed by atoms with E-state index in [1.54, 1.807) is 7.11 Å². The van der Waals surface area contributed by atoms with Crippen LogP contribution in [0.5, 0.6) is 0 Å². The summed E-state index contributed by atoms with van der Waals surface area (Å²) in [6.45, 7) is 8.07. The number of hydrogen-bond acceptors (Lipinski definition) is 2. The number of allylic oxidation sites excluding steroid dienone is 2. The lowest BCUT2D eigenvalue weighted by atomic mass is 9.73. The summed E-state index contributed by atoms with van der Waals surface area (Å²) in [5.74, 6) is 0. The van der Waals surface area contributed by atoms with Crippen molar-refractivity contribution in [2.75, 3.05) is 7.11 Å². The molecule has 0 aromatic heterocycles. The van der Waals surface area contributed by atoms with Crippen LogP contribution >= 0.6 is 0 Å². The van der Waals surface area contributed by atoms with E-state index in [0.717, 1.165) is 12.7 Å². The van der Waals surface area contributed by atoms with Crippen molar-refractivity contribution in [1.29, 1.82) is 0 Å². The second kappa shape index (κ2) is 5.86. The van der Waals surface area contributed by atoms with Crippen LogP contribution < -0.4 is 0 Å². The second-order valence-corrected chi connectivity index (χ2v) is 4.57. The predicted octanol–water partition coefficient (Wildman–Crippen LogP) is 3.14. The molecule has 0 aliphatic heterocycles. The number of aldehydes is 1. The first-order valence-electron chi connectivity index (χ1n) is 5.23. The van der Waals surface area contributed by atoms with Gasteiger partial charge in [-0.05, 0) is 18.8 Å². The van der Waals surface area contributed by atoms with Gasteiger partial charge in [-0.25, -0.2) is 0 Å². The zero-order chi connectivity index (χ0) is 11.9. The van der Waals surface area contributed by atoms with E-state index in [2.05, 4.69) is 45.1 Å². The molecule has 15 heavy (non-hydrogen) atoms. The predicted molar refractivity (Wildman–Crippen MR) is 63.8 cm³/mol. The molecule has 0 saturated heterocycles. The summed E-state index contributed by atoms with van der Waals surface area (Å²) in [5.41, 5.74) is 0.0464. The van der Waals surface area contributed by atoms with Crippen molar-refractivity contribution >= 4 is 6.29 Å². The van der Waals surface area contributed by atoms with E-state index >= 15 is 0 Å². The van der Waals surface area contributed by atoms with Gasteiger partial charge in [0.1, 0.15) is 6.29 Å². The number of methoxy groups -OCH3 is 1. The molecule has 0 aromatic rings. The standard InChI is InChI=1S/C11H18O.C2H4O/c1-10(2,3)11(12-4)8-6-5-7-9-11;1-2-3/h5-8H,9H2,1-4H3;2H,1H3. The lowest BCUT2D eigenvalue weighted by Crippen LogP contribution is -2.43. The molecule has 0 saturated carbocycles. The van der Waals surface area contributed by atoms with Crippen LogP contribution in [0.4, 0.5) is 0 Å². The fraction of sp³-hybridized carbons (Fsp3) is 0.615. The van der Waals surface area contributed by atoms with Gasteiger partial charge in [0.25, 0.3) is 0 Å². The summed E-state index contributed by atoms with van der Waals surface area (Å²) in [7, 11) is 1.79. The average Bonchev–Trinajstić information content (AvgIpc) is 2.18. The molecule has 1 aliphatic carbocycles. The van der Waals surface area contributed by atoms with Crippen LogP contribution in [0.15, 0.2) is 24.3 Å². The first-order chi connectivity index (χ1) is 6.93. The molecule has 0 aromatic carbocycles. The molecule has 2 nitrogen and oxygen atoms in total. The van der Waals surface area contributed by atoms with Gasteiger partial charge in [-0.1, -0.05) is 45.1 Å². The van der Waals surface area contributed by atoms with E-state index in [4.69, 9.17) is 9.53 Å². The maximum atomic E-state index is 8.81. The number of carbonyl (C=O) groups is 1. The summed E-state index contributed by atoms with van der Waals surface area (Å²) in [4.78, 5) is 8.81. The normalized spacial score (nSPS) is 24.3. The second-order valence-electron chi connectivity index (χ2n) is 4.57. The topological polar surface area (TPSA) is 26.3 Å². The van der Waals surface area contributed by atoms with Crippen LogP contribution in [0.2, 0.25) is 0 Å². The Kier molecular flexibility index (Phi) is 5.51. The maximum absolute atomic E-state index is 8.81. The molecule has 1 aliphatic rings. The summed E-state index contributed by atoms with van der Waals surface area (Å²) >= 11 is 0. The smallest absolute Gasteiger partial charge is 0.116 e. The van der Waals surface area contributed by atoms with Crippen molar-refractivity contribution in [3.63, 3.8) is 0 Å². The van der Waals surface area contributed by atoms with Crippen molar-refractivity contribution in [3.05, 3.63) is 24.3 Å². The molecule has 1 unspecified atom stereocenters. The molecule has 0 amide bonds. The highest BCUT2D eigenvalue weighted by Gasteiger charge is 2.39. The molecule has 0 bridgehead atoms. The Bertz CT molecular complexity index is 246. The molecular weight excluding hydrogens is 188 g/mol. The van der Waals surface area contributed by atoms with Gasteiger partial charge in [0.05, 0.1) is 5.60 Å². The fourth-order valence-corrected chi connectivity index (χ4v) is 1.61. The summed E-state index contributed by atoms with van der Waals surface area (Å²) < 4.78 is 5.61. The van der Waals surface area contributed by atoms with E-state index in [9.17, 15) is 0 Å². The lowest BCUT2D eigenvalue weighted by molar-refractivity contribution is -0.106. The van der Waals surface area contributed by atoms with Gasteiger partial charge < -0.3 is 9.53 Å². The van der Waals surface area contributed by atoms with E-state index in [1.165, 1.54) is 6.92 Å². The number of ether oxygens (including phenoxy) is 1. The molecule has 2 heteroatoms. The van der Waals surface area contributed by atoms with Crippen LogP contribution in [-0.2, 0) is 9.53 Å². The third-order valence-corrected chi connectivity index (χ3v) is 2.67. The van der Waals surface area contributed by atoms with E-state index < -0.39 is 0 Å². The Morgan fingerprint density at radius 2 is 1.87 bits per heavy atom. The number of rotatable bonds is 1. The van der Waals surface area contributed by atoms with Gasteiger partial charge in [0, 0.05) is 7.11 Å². The molecule has 1 atom stereocenters. The van der Waals surface area contributed by atoms with Gasteiger partial charge in [-0.15, -0.1) is 0 Å². The minimum absolute atomic E-state index is 0.109. The minimum atomic E-state index is -0.109. The highest BCUT2D eigenvalue weighted by Crippen LogP contribution is 2.39. The van der Waals surface area contributed by atoms with Gasteiger partial charge in [-0.2, -0.15) is 0 Å². The van der Waals surface area contributed by atoms with E-state index in [-0.39, 0.29) is 11.0 Å². The highest BCUT2D eigenvalue weighted by molar-refractivity contribution is 5.44. The van der Waals surface area contributed by atoms with E-state index in [1.807, 2.05) is 0 Å². The van der Waals surface area contributed by atoms with Crippen LogP contribution in [0, 0.1) is 5.41 Å². The van der Waals surface area contributed by atoms with Crippen molar-refractivity contribution in [1.82, 2.24) is 0 Å². The van der Waals surface area contributed by atoms with Crippen LogP contribution in [0.25, 0.3) is 0 Å². The van der Waals surface area contributed by atoms with Gasteiger partial charge in [0.15, 0.2) is 0 Å². The molecule has 0 radical (unpaired) electrons. The SMILES string of the molecule is CC=O.COC1(C(C)(C)C)C=CC=CC1. The first kappa shape index (κ1) is 14.1. The Labute approximate surface area is 93.0 Å². The molecule has 0 N–H and O–H groups in total. The third-order valence-electron chi connectivity index (χ3n) is 2.67. The van der Waals surface area contributed by atoms with Gasteiger partial charge >= 0.3 is 0 Å². The van der Waals surface area contributed by atoms with E-state index in [0.29, 0.717) is 0 Å². The number of hydrogen-bond donors (Lipinski definition) is 0. The molecular formula is C13H22O2. The zero-order valence-corrected chi connectivity index (χ0v) is 10.4. The van der Waals surface area contributed by atoms with Crippen molar-refractivity contribution in [3.8, 4) is 0 Å². The summed E-state index contributed by atoms with van der Waals surface area (Å²) in [6.07, 6.45) is 10.2. The Morgan fingerprint density at radius 1 is 1.33 bits per heavy atom. The van der Waals surface area contributed by atoms with Crippen molar-refractivity contribution < 1.29 is 9.53 Å². The summed E-state index contributed by atoms with van der Waals surface area (Å²) in [5, 5.41) is 0. The quantitative estimate of drug-likeness (QED) is 0.621. The lowest BCUT2D eigenvalue weighted by Gasteiger charge is -2.41. The Hall–Kier alpha value is -0.890. The third kappa shape index (κ3) is 3.63. The first-order valence-corrected chi connectivity index (χ1v) is 5.23. The maximum Gasteiger partial charge on any atom is 0.116 e. The Balaban J connectivity index is 0.000000583. The molecule has 0 fully saturated rings. The monoisotopic (exact) mass is 210 g/mol.